The fourth-order valence-electron chi connectivity index (χ4n) is 5.10. The van der Waals surface area contributed by atoms with E-state index in [1.807, 2.05) is 0 Å². The van der Waals surface area contributed by atoms with Crippen molar-refractivity contribution in [1.82, 2.24) is 0 Å². The van der Waals surface area contributed by atoms with Crippen LogP contribution in [0.4, 0.5) is 0 Å². The topological polar surface area (TPSA) is 260 Å². The summed E-state index contributed by atoms with van der Waals surface area (Å²) in [5.41, 5.74) is -1.71. The van der Waals surface area contributed by atoms with Crippen molar-refractivity contribution in [2.45, 2.75) is 68.1 Å². The van der Waals surface area contributed by atoms with Gasteiger partial charge in [-0.25, -0.2) is 0 Å². The SMILES string of the molecule is C[C@@H]1O[C@@H](OC[C@H]2O[C@@H](c3c(-c4ccc(O)c(O)c4)oc4cc(O)cc(O)c4c3=O)[C@H](O)[C@@H](O)[C@H]2O)[C@H](O)[C@H](O)[C@H]1O. The van der Waals surface area contributed by atoms with Crippen molar-refractivity contribution in [3.63, 3.8) is 0 Å². The van der Waals surface area contributed by atoms with E-state index in [9.17, 15) is 55.9 Å². The summed E-state index contributed by atoms with van der Waals surface area (Å²) >= 11 is 0. The van der Waals surface area contributed by atoms with Crippen molar-refractivity contribution < 1.29 is 69.7 Å². The molecule has 3 heterocycles. The van der Waals surface area contributed by atoms with E-state index in [4.69, 9.17) is 18.6 Å². The maximum Gasteiger partial charge on any atom is 0.203 e. The molecule has 15 heteroatoms. The quantitative estimate of drug-likeness (QED) is 0.153. The molecule has 0 spiro atoms. The molecular formula is C27H30O15. The first-order valence-electron chi connectivity index (χ1n) is 12.9. The third-order valence-electron chi connectivity index (χ3n) is 7.46. The van der Waals surface area contributed by atoms with Gasteiger partial charge in [-0.15, -0.1) is 0 Å². The van der Waals surface area contributed by atoms with Crippen LogP contribution < -0.4 is 5.43 Å². The summed E-state index contributed by atoms with van der Waals surface area (Å²) < 4.78 is 22.5. The number of hydrogen-bond donors (Lipinski definition) is 10. The molecule has 2 saturated heterocycles. The maximum absolute atomic E-state index is 13.8. The molecule has 0 bridgehead atoms. The number of phenolic OH excluding ortho intramolecular Hbond substituents is 4. The highest BCUT2D eigenvalue weighted by Crippen LogP contribution is 2.41. The number of fused-ring (bicyclic) bond motifs is 1. The Morgan fingerprint density at radius 3 is 2.14 bits per heavy atom. The summed E-state index contributed by atoms with van der Waals surface area (Å²) in [6.45, 7) is 0.821. The van der Waals surface area contributed by atoms with E-state index >= 15 is 0 Å². The number of aromatic hydroxyl groups is 4. The molecule has 2 fully saturated rings. The zero-order valence-electron chi connectivity index (χ0n) is 21.9. The van der Waals surface area contributed by atoms with Gasteiger partial charge in [0.2, 0.25) is 5.43 Å². The van der Waals surface area contributed by atoms with Gasteiger partial charge in [-0.1, -0.05) is 0 Å². The van der Waals surface area contributed by atoms with Crippen molar-refractivity contribution in [1.29, 1.82) is 0 Å². The van der Waals surface area contributed by atoms with E-state index < -0.39 is 107 Å². The lowest BCUT2D eigenvalue weighted by molar-refractivity contribution is -0.308. The number of aliphatic hydroxyl groups is 6. The van der Waals surface area contributed by atoms with Gasteiger partial charge >= 0.3 is 0 Å². The molecule has 42 heavy (non-hydrogen) atoms. The Balaban J connectivity index is 1.56. The predicted octanol–water partition coefficient (Wildman–Crippen LogP) is -1.35. The van der Waals surface area contributed by atoms with Gasteiger partial charge in [-0.3, -0.25) is 4.79 Å². The first-order valence-corrected chi connectivity index (χ1v) is 12.9. The van der Waals surface area contributed by atoms with E-state index in [1.54, 1.807) is 0 Å². The van der Waals surface area contributed by atoms with Crippen LogP contribution >= 0.6 is 0 Å². The number of phenols is 4. The average molecular weight is 595 g/mol. The minimum atomic E-state index is -1.95. The van der Waals surface area contributed by atoms with Crippen molar-refractivity contribution >= 4 is 11.0 Å². The van der Waals surface area contributed by atoms with Gasteiger partial charge in [0, 0.05) is 17.7 Å². The van der Waals surface area contributed by atoms with Crippen molar-refractivity contribution in [2.75, 3.05) is 6.61 Å². The van der Waals surface area contributed by atoms with Gasteiger partial charge < -0.3 is 69.7 Å². The van der Waals surface area contributed by atoms with E-state index in [2.05, 4.69) is 0 Å². The molecule has 10 N–H and O–H groups in total. The van der Waals surface area contributed by atoms with Crippen LogP contribution in [0.1, 0.15) is 18.6 Å². The molecular weight excluding hydrogens is 564 g/mol. The molecule has 0 aliphatic carbocycles. The molecule has 0 unspecified atom stereocenters. The molecule has 10 atom stereocenters. The molecule has 0 amide bonds. The Bertz CT molecular complexity index is 1520. The van der Waals surface area contributed by atoms with E-state index in [0.29, 0.717) is 0 Å². The van der Waals surface area contributed by atoms with Gasteiger partial charge in [-0.05, 0) is 25.1 Å². The number of aliphatic hydroxyl groups excluding tert-OH is 6. The highest BCUT2D eigenvalue weighted by Gasteiger charge is 2.48. The molecule has 2 aliphatic heterocycles. The van der Waals surface area contributed by atoms with Crippen molar-refractivity contribution in [3.05, 3.63) is 46.1 Å². The van der Waals surface area contributed by atoms with Crippen LogP contribution in [0, 0.1) is 0 Å². The number of hydrogen-bond acceptors (Lipinski definition) is 15. The third-order valence-corrected chi connectivity index (χ3v) is 7.46. The van der Waals surface area contributed by atoms with Gasteiger partial charge in [0.05, 0.1) is 18.3 Å². The van der Waals surface area contributed by atoms with Crippen LogP contribution in [-0.4, -0.2) is 113 Å². The van der Waals surface area contributed by atoms with E-state index in [0.717, 1.165) is 24.3 Å². The van der Waals surface area contributed by atoms with Gasteiger partial charge in [0.1, 0.15) is 77.1 Å². The Kier molecular flexibility index (Phi) is 8.06. The molecule has 228 valence electrons. The van der Waals surface area contributed by atoms with Gasteiger partial charge in [0.15, 0.2) is 17.8 Å². The smallest absolute Gasteiger partial charge is 0.203 e. The first-order chi connectivity index (χ1) is 19.8. The van der Waals surface area contributed by atoms with Crippen LogP contribution in [-0.2, 0) is 14.2 Å². The highest BCUT2D eigenvalue weighted by molar-refractivity contribution is 5.87. The monoisotopic (exact) mass is 594 g/mol. The van der Waals surface area contributed by atoms with Crippen molar-refractivity contribution in [2.24, 2.45) is 0 Å². The Morgan fingerprint density at radius 1 is 0.762 bits per heavy atom. The van der Waals surface area contributed by atoms with Crippen molar-refractivity contribution in [3.8, 4) is 34.3 Å². The van der Waals surface area contributed by atoms with E-state index in [-0.39, 0.29) is 16.9 Å². The van der Waals surface area contributed by atoms with Crippen LogP contribution in [0.5, 0.6) is 23.0 Å². The molecule has 0 radical (unpaired) electrons. The first kappa shape index (κ1) is 30.0. The summed E-state index contributed by atoms with van der Waals surface area (Å²) in [7, 11) is 0. The van der Waals surface area contributed by atoms with E-state index in [1.165, 1.54) is 13.0 Å². The Morgan fingerprint density at radius 2 is 1.45 bits per heavy atom. The normalized spacial score (nSPS) is 33.6. The molecule has 15 nitrogen and oxygen atoms in total. The minimum Gasteiger partial charge on any atom is -0.508 e. The van der Waals surface area contributed by atoms with Gasteiger partial charge in [0.25, 0.3) is 0 Å². The Hall–Kier alpha value is -3.51. The molecule has 5 rings (SSSR count). The lowest BCUT2D eigenvalue weighted by Gasteiger charge is -2.42. The summed E-state index contributed by atoms with van der Waals surface area (Å²) in [5.74, 6) is -2.55. The molecule has 0 saturated carbocycles. The molecule has 2 aliphatic rings. The summed E-state index contributed by atoms with van der Waals surface area (Å²) in [6, 6.07) is 5.31. The zero-order chi connectivity index (χ0) is 30.6. The molecule has 3 aromatic rings. The fourth-order valence-corrected chi connectivity index (χ4v) is 5.10. The largest absolute Gasteiger partial charge is 0.508 e. The highest BCUT2D eigenvalue weighted by atomic mass is 16.7. The van der Waals surface area contributed by atoms with Crippen LogP contribution in [0.3, 0.4) is 0 Å². The van der Waals surface area contributed by atoms with Crippen LogP contribution in [0.25, 0.3) is 22.3 Å². The number of ether oxygens (including phenoxy) is 3. The zero-order valence-corrected chi connectivity index (χ0v) is 21.9. The predicted molar refractivity (Wildman–Crippen MR) is 139 cm³/mol. The second-order valence-corrected chi connectivity index (χ2v) is 10.3. The lowest BCUT2D eigenvalue weighted by Crippen LogP contribution is -2.59. The van der Waals surface area contributed by atoms with Crippen LogP contribution in [0.15, 0.2) is 39.5 Å². The standard InChI is InChI=1S/C27H30O15/c1-8-18(32)21(35)24(38)27(40-8)39-7-15-19(33)22(36)23(37)26(42-15)17-20(34)16-13(31)5-10(28)6-14(16)41-25(17)9-2-3-11(29)12(30)4-9/h2-6,8,15,18-19,21-24,26-33,35-38H,7H2,1H3/t8-,15+,18-,19-,21+,22-,23+,24+,26-,27+/m0/s1. The number of rotatable bonds is 5. The van der Waals surface area contributed by atoms with Gasteiger partial charge in [-0.2, -0.15) is 0 Å². The lowest BCUT2D eigenvalue weighted by atomic mass is 9.89. The third kappa shape index (κ3) is 5.15. The van der Waals surface area contributed by atoms with Crippen LogP contribution in [0.2, 0.25) is 0 Å². The summed E-state index contributed by atoms with van der Waals surface area (Å²) in [6.07, 6.45) is -16.0. The molecule has 1 aromatic heterocycles. The summed E-state index contributed by atoms with van der Waals surface area (Å²) in [5, 5.41) is 102. The average Bonchev–Trinajstić information content (AvgIpc) is 2.94. The fraction of sp³-hybridized carbons (Fsp3) is 0.444. The second kappa shape index (κ2) is 11.3. The maximum atomic E-state index is 13.8. The summed E-state index contributed by atoms with van der Waals surface area (Å²) in [4.78, 5) is 13.8. The minimum absolute atomic E-state index is 0.00777. The Labute approximate surface area is 236 Å². The molecule has 2 aromatic carbocycles. The number of benzene rings is 2. The second-order valence-electron chi connectivity index (χ2n) is 10.3.